The van der Waals surface area contributed by atoms with Gasteiger partial charge in [0.15, 0.2) is 0 Å². The van der Waals surface area contributed by atoms with E-state index in [1.807, 2.05) is 50.2 Å². The van der Waals surface area contributed by atoms with Gasteiger partial charge < -0.3 is 14.0 Å². The standard InChI is InChI=1S/C23H21N3O4/c1-14-6-5-7-16(10-14)26-22(27)17-12-25(13-18(21(17)24-26)23(28)30-4)19-11-15(2)8-9-20(19)29-3/h5-13H,1-4H3. The summed E-state index contributed by atoms with van der Waals surface area (Å²) >= 11 is 0. The van der Waals surface area contributed by atoms with Gasteiger partial charge in [-0.15, -0.1) is 0 Å². The lowest BCUT2D eigenvalue weighted by molar-refractivity contribution is 0.0600. The molecule has 152 valence electrons. The van der Waals surface area contributed by atoms with Crippen LogP contribution in [0.3, 0.4) is 0 Å². The lowest BCUT2D eigenvalue weighted by Crippen LogP contribution is -2.15. The Balaban J connectivity index is 2.03. The van der Waals surface area contributed by atoms with Gasteiger partial charge in [-0.3, -0.25) is 4.79 Å². The molecule has 4 rings (SSSR count). The van der Waals surface area contributed by atoms with Crippen molar-refractivity contribution in [1.29, 1.82) is 0 Å². The van der Waals surface area contributed by atoms with Crippen LogP contribution in [0.15, 0.2) is 59.7 Å². The maximum absolute atomic E-state index is 13.2. The number of benzene rings is 2. The van der Waals surface area contributed by atoms with Crippen molar-refractivity contribution in [2.24, 2.45) is 0 Å². The fourth-order valence-corrected chi connectivity index (χ4v) is 3.44. The Morgan fingerprint density at radius 3 is 2.47 bits per heavy atom. The molecular weight excluding hydrogens is 382 g/mol. The van der Waals surface area contributed by atoms with Crippen LogP contribution in [0.5, 0.6) is 5.75 Å². The third-order valence-corrected chi connectivity index (χ3v) is 4.93. The summed E-state index contributed by atoms with van der Waals surface area (Å²) in [6, 6.07) is 13.1. The van der Waals surface area contributed by atoms with Crippen LogP contribution in [0.2, 0.25) is 0 Å². The van der Waals surface area contributed by atoms with Gasteiger partial charge in [-0.2, -0.15) is 9.78 Å². The minimum Gasteiger partial charge on any atom is -0.495 e. The molecule has 0 atom stereocenters. The second kappa shape index (κ2) is 7.51. The van der Waals surface area contributed by atoms with Crippen LogP contribution in [0, 0.1) is 13.8 Å². The molecule has 2 aromatic carbocycles. The molecule has 0 radical (unpaired) electrons. The number of hydrogen-bond donors (Lipinski definition) is 0. The highest BCUT2D eigenvalue weighted by molar-refractivity contribution is 5.96. The molecule has 0 aliphatic carbocycles. The van der Waals surface area contributed by atoms with Gasteiger partial charge in [0.25, 0.3) is 5.56 Å². The summed E-state index contributed by atoms with van der Waals surface area (Å²) in [6.07, 6.45) is 3.28. The molecule has 0 aromatic heterocycles. The maximum atomic E-state index is 13.2. The Kier molecular flexibility index (Phi) is 4.87. The zero-order valence-corrected chi connectivity index (χ0v) is 17.2. The van der Waals surface area contributed by atoms with Crippen molar-refractivity contribution in [3.8, 4) is 28.4 Å². The van der Waals surface area contributed by atoms with Crippen molar-refractivity contribution >= 4 is 5.97 Å². The number of aryl methyl sites for hydroxylation is 2. The van der Waals surface area contributed by atoms with Gasteiger partial charge in [0, 0.05) is 12.4 Å². The van der Waals surface area contributed by atoms with Crippen LogP contribution in [0.25, 0.3) is 22.6 Å². The molecule has 7 heteroatoms. The molecule has 0 fully saturated rings. The van der Waals surface area contributed by atoms with E-state index in [2.05, 4.69) is 5.10 Å². The molecule has 2 aliphatic heterocycles. The monoisotopic (exact) mass is 403 g/mol. The van der Waals surface area contributed by atoms with Gasteiger partial charge in [-0.05, 0) is 49.2 Å². The topological polar surface area (TPSA) is 75.3 Å². The van der Waals surface area contributed by atoms with Gasteiger partial charge in [-0.25, -0.2) is 4.79 Å². The Morgan fingerprint density at radius 1 is 1.00 bits per heavy atom. The maximum Gasteiger partial charge on any atom is 0.341 e. The third kappa shape index (κ3) is 3.24. The fraction of sp³-hybridized carbons (Fsp3) is 0.174. The molecule has 0 unspecified atom stereocenters. The van der Waals surface area contributed by atoms with Gasteiger partial charge in [0.2, 0.25) is 0 Å². The number of pyridine rings is 1. The summed E-state index contributed by atoms with van der Waals surface area (Å²) in [5.74, 6) is 0.0363. The highest BCUT2D eigenvalue weighted by Crippen LogP contribution is 2.29. The van der Waals surface area contributed by atoms with Crippen LogP contribution >= 0.6 is 0 Å². The van der Waals surface area contributed by atoms with E-state index < -0.39 is 5.97 Å². The van der Waals surface area contributed by atoms with Crippen molar-refractivity contribution in [1.82, 2.24) is 14.3 Å². The molecule has 0 amide bonds. The summed E-state index contributed by atoms with van der Waals surface area (Å²) in [7, 11) is 2.87. The SMILES string of the molecule is COC(=O)c1cn(-c2cc(C)ccc2OC)cc2c(=O)n(-c3cccc(C)c3)nc1-2. The summed E-state index contributed by atoms with van der Waals surface area (Å²) in [5.41, 5.74) is 3.82. The van der Waals surface area contributed by atoms with Gasteiger partial charge in [0.05, 0.1) is 31.2 Å². The number of nitrogens with zero attached hydrogens (tertiary/aromatic N) is 3. The number of carbonyl (C=O) groups is 1. The first-order chi connectivity index (χ1) is 14.4. The molecule has 2 aromatic rings. The number of methoxy groups -OCH3 is 2. The molecule has 0 spiro atoms. The molecule has 2 heterocycles. The van der Waals surface area contributed by atoms with Crippen LogP contribution in [-0.4, -0.2) is 34.5 Å². The van der Waals surface area contributed by atoms with E-state index in [4.69, 9.17) is 9.47 Å². The second-order valence-corrected chi connectivity index (χ2v) is 7.06. The van der Waals surface area contributed by atoms with E-state index in [0.717, 1.165) is 11.1 Å². The molecule has 7 nitrogen and oxygen atoms in total. The normalized spacial score (nSPS) is 10.9. The minimum absolute atomic E-state index is 0.196. The lowest BCUT2D eigenvalue weighted by Gasteiger charge is -2.15. The zero-order valence-electron chi connectivity index (χ0n) is 17.2. The van der Waals surface area contributed by atoms with E-state index in [9.17, 15) is 9.59 Å². The average molecular weight is 403 g/mol. The average Bonchev–Trinajstić information content (AvgIpc) is 3.09. The quantitative estimate of drug-likeness (QED) is 0.487. The number of carbonyl (C=O) groups excluding carboxylic acids is 1. The number of rotatable bonds is 4. The number of ether oxygens (including phenoxy) is 2. The molecule has 0 N–H and O–H groups in total. The van der Waals surface area contributed by atoms with Crippen molar-refractivity contribution in [2.75, 3.05) is 14.2 Å². The number of hydrogen-bond acceptors (Lipinski definition) is 5. The molecule has 30 heavy (non-hydrogen) atoms. The number of aromatic nitrogens is 3. The summed E-state index contributed by atoms with van der Waals surface area (Å²) < 4.78 is 13.4. The van der Waals surface area contributed by atoms with E-state index in [1.54, 1.807) is 30.1 Å². The van der Waals surface area contributed by atoms with Gasteiger partial charge in [0.1, 0.15) is 17.0 Å². The van der Waals surface area contributed by atoms with Crippen molar-refractivity contribution in [3.05, 3.63) is 81.9 Å². The van der Waals surface area contributed by atoms with Crippen LogP contribution in [-0.2, 0) is 4.74 Å². The Hall–Kier alpha value is -3.87. The highest BCUT2D eigenvalue weighted by Gasteiger charge is 2.25. The second-order valence-electron chi connectivity index (χ2n) is 7.06. The Morgan fingerprint density at radius 2 is 1.77 bits per heavy atom. The minimum atomic E-state index is -0.574. The Bertz CT molecular complexity index is 1290. The molecular formula is C23H21N3O4. The summed E-state index contributed by atoms with van der Waals surface area (Å²) in [5, 5.41) is 4.45. The summed E-state index contributed by atoms with van der Waals surface area (Å²) in [6.45, 7) is 3.90. The van der Waals surface area contributed by atoms with Gasteiger partial charge >= 0.3 is 5.97 Å². The predicted octanol–water partition coefficient (Wildman–Crippen LogP) is 3.54. The first-order valence-electron chi connectivity index (χ1n) is 9.38. The molecule has 2 aliphatic rings. The van der Waals surface area contributed by atoms with Gasteiger partial charge in [-0.1, -0.05) is 18.2 Å². The fourth-order valence-electron chi connectivity index (χ4n) is 3.44. The van der Waals surface area contributed by atoms with E-state index >= 15 is 0 Å². The van der Waals surface area contributed by atoms with Crippen molar-refractivity contribution in [2.45, 2.75) is 13.8 Å². The zero-order chi connectivity index (χ0) is 21.4. The molecule has 0 saturated heterocycles. The Labute approximate surface area is 173 Å². The van der Waals surface area contributed by atoms with E-state index in [-0.39, 0.29) is 16.8 Å². The third-order valence-electron chi connectivity index (χ3n) is 4.93. The molecule has 0 bridgehead atoms. The highest BCUT2D eigenvalue weighted by atomic mass is 16.5. The smallest absolute Gasteiger partial charge is 0.341 e. The van der Waals surface area contributed by atoms with Crippen molar-refractivity contribution in [3.63, 3.8) is 0 Å². The first kappa shape index (κ1) is 19.4. The van der Waals surface area contributed by atoms with Crippen LogP contribution in [0.1, 0.15) is 21.5 Å². The number of esters is 1. The summed E-state index contributed by atoms with van der Waals surface area (Å²) in [4.78, 5) is 25.7. The van der Waals surface area contributed by atoms with E-state index in [1.165, 1.54) is 11.8 Å². The van der Waals surface area contributed by atoms with E-state index in [0.29, 0.717) is 22.7 Å². The van der Waals surface area contributed by atoms with Crippen LogP contribution in [0.4, 0.5) is 0 Å². The van der Waals surface area contributed by atoms with Crippen molar-refractivity contribution < 1.29 is 14.3 Å². The number of fused-ring (bicyclic) bond motifs is 1. The molecule has 0 saturated carbocycles. The van der Waals surface area contributed by atoms with Crippen LogP contribution < -0.4 is 10.3 Å². The predicted molar refractivity (Wildman–Crippen MR) is 113 cm³/mol. The largest absolute Gasteiger partial charge is 0.495 e. The first-order valence-corrected chi connectivity index (χ1v) is 9.38. The lowest BCUT2D eigenvalue weighted by atomic mass is 10.1.